The van der Waals surface area contributed by atoms with E-state index in [-0.39, 0.29) is 10.8 Å². The molecule has 0 amide bonds. The lowest BCUT2D eigenvalue weighted by Crippen LogP contribution is -2.11. The third kappa shape index (κ3) is 2.62. The van der Waals surface area contributed by atoms with Gasteiger partial charge in [-0.15, -0.1) is 11.3 Å². The Bertz CT molecular complexity index is 615. The van der Waals surface area contributed by atoms with Gasteiger partial charge in [-0.3, -0.25) is 0 Å². The molecule has 0 radical (unpaired) electrons. The van der Waals surface area contributed by atoms with Crippen molar-refractivity contribution in [2.24, 2.45) is 0 Å². The first-order valence-corrected chi connectivity index (χ1v) is 6.05. The Hall–Kier alpha value is -1.83. The van der Waals surface area contributed by atoms with Gasteiger partial charge in [0.1, 0.15) is 10.6 Å². The topological polar surface area (TPSA) is 63.3 Å². The molecule has 0 bridgehead atoms. The molecule has 0 fully saturated rings. The highest BCUT2D eigenvalue weighted by atomic mass is 32.1. The van der Waals surface area contributed by atoms with Gasteiger partial charge in [-0.05, 0) is 12.1 Å². The van der Waals surface area contributed by atoms with Gasteiger partial charge in [0, 0.05) is 6.42 Å². The van der Waals surface area contributed by atoms with Crippen molar-refractivity contribution in [2.75, 3.05) is 0 Å². The number of hydrogen-bond acceptors (Lipinski definition) is 4. The maximum Gasteiger partial charge on any atom is 0.435 e. The summed E-state index contributed by atoms with van der Waals surface area (Å²) in [6.07, 6.45) is -4.22. The Labute approximate surface area is 109 Å². The molecule has 0 spiro atoms. The fraction of sp³-hybridized carbons (Fsp3) is 0.273. The maximum atomic E-state index is 12.7. The Morgan fingerprint density at radius 1 is 1.47 bits per heavy atom. The highest BCUT2D eigenvalue weighted by Gasteiger charge is 2.40. The van der Waals surface area contributed by atoms with E-state index >= 15 is 0 Å². The molecular formula is C11H8F3NO3S. The summed E-state index contributed by atoms with van der Waals surface area (Å²) < 4.78 is 43.2. The van der Waals surface area contributed by atoms with E-state index in [1.807, 2.05) is 6.92 Å². The van der Waals surface area contributed by atoms with E-state index in [0.29, 0.717) is 23.5 Å². The van der Waals surface area contributed by atoms with E-state index in [1.165, 1.54) is 6.07 Å². The average molecular weight is 291 g/mol. The van der Waals surface area contributed by atoms with E-state index in [2.05, 4.69) is 4.98 Å². The third-order valence-electron chi connectivity index (χ3n) is 2.31. The molecule has 2 rings (SSSR count). The number of thiazole rings is 1. The van der Waals surface area contributed by atoms with Gasteiger partial charge in [0.25, 0.3) is 0 Å². The number of rotatable bonds is 3. The summed E-state index contributed by atoms with van der Waals surface area (Å²) in [5.74, 6) is -0.922. The van der Waals surface area contributed by atoms with Crippen LogP contribution in [-0.2, 0) is 12.6 Å². The SMILES string of the molecule is CCc1ccc(-c2nc(C(F)(F)F)c(C(=O)O)s2)o1. The van der Waals surface area contributed by atoms with Crippen LogP contribution in [0.3, 0.4) is 0 Å². The molecule has 0 atom stereocenters. The van der Waals surface area contributed by atoms with E-state index in [0.717, 1.165) is 0 Å². The Balaban J connectivity index is 2.51. The van der Waals surface area contributed by atoms with Crippen LogP contribution >= 0.6 is 11.3 Å². The lowest BCUT2D eigenvalue weighted by Gasteiger charge is -2.02. The number of furan rings is 1. The fourth-order valence-corrected chi connectivity index (χ4v) is 2.33. The minimum Gasteiger partial charge on any atom is -0.477 e. The fourth-order valence-electron chi connectivity index (χ4n) is 1.45. The maximum absolute atomic E-state index is 12.7. The number of nitrogens with zero attached hydrogens (tertiary/aromatic N) is 1. The number of hydrogen-bond donors (Lipinski definition) is 1. The highest BCUT2D eigenvalue weighted by Crippen LogP contribution is 2.38. The van der Waals surface area contributed by atoms with Crippen molar-refractivity contribution < 1.29 is 27.5 Å². The van der Waals surface area contributed by atoms with Crippen molar-refractivity contribution in [2.45, 2.75) is 19.5 Å². The minimum absolute atomic E-state index is 0.0931. The van der Waals surface area contributed by atoms with Gasteiger partial charge in [-0.2, -0.15) is 13.2 Å². The molecule has 2 heterocycles. The van der Waals surface area contributed by atoms with Crippen molar-refractivity contribution in [1.29, 1.82) is 0 Å². The van der Waals surface area contributed by atoms with Gasteiger partial charge in [0.05, 0.1) is 0 Å². The summed E-state index contributed by atoms with van der Waals surface area (Å²) in [4.78, 5) is 13.3. The van der Waals surface area contributed by atoms with Gasteiger partial charge >= 0.3 is 12.1 Å². The average Bonchev–Trinajstić information content (AvgIpc) is 2.94. The molecule has 0 saturated carbocycles. The molecule has 19 heavy (non-hydrogen) atoms. The zero-order valence-electron chi connectivity index (χ0n) is 9.61. The molecule has 1 N–H and O–H groups in total. The molecule has 0 unspecified atom stereocenters. The predicted octanol–water partition coefficient (Wildman–Crippen LogP) is 3.68. The second kappa shape index (κ2) is 4.69. The second-order valence-corrected chi connectivity index (χ2v) is 4.62. The van der Waals surface area contributed by atoms with Gasteiger partial charge in [-0.1, -0.05) is 6.92 Å². The number of carboxylic acid groups (broad SMARTS) is 1. The normalized spacial score (nSPS) is 11.8. The quantitative estimate of drug-likeness (QED) is 0.936. The summed E-state index contributed by atoms with van der Waals surface area (Å²) in [6.45, 7) is 1.83. The molecule has 0 aliphatic rings. The van der Waals surface area contributed by atoms with Gasteiger partial charge in [0.2, 0.25) is 0 Å². The van der Waals surface area contributed by atoms with Gasteiger partial charge in [-0.25, -0.2) is 9.78 Å². The second-order valence-electron chi connectivity index (χ2n) is 3.62. The van der Waals surface area contributed by atoms with Crippen LogP contribution in [0.5, 0.6) is 0 Å². The van der Waals surface area contributed by atoms with Crippen LogP contribution in [0.25, 0.3) is 10.8 Å². The Morgan fingerprint density at radius 2 is 2.16 bits per heavy atom. The minimum atomic E-state index is -4.80. The van der Waals surface area contributed by atoms with Crippen LogP contribution in [0.15, 0.2) is 16.5 Å². The molecule has 0 aliphatic heterocycles. The first-order chi connectivity index (χ1) is 8.82. The molecule has 2 aromatic rings. The molecule has 102 valence electrons. The Morgan fingerprint density at radius 3 is 2.58 bits per heavy atom. The van der Waals surface area contributed by atoms with Crippen LogP contribution in [-0.4, -0.2) is 16.1 Å². The lowest BCUT2D eigenvalue weighted by molar-refractivity contribution is -0.141. The highest BCUT2D eigenvalue weighted by molar-refractivity contribution is 7.17. The van der Waals surface area contributed by atoms with Crippen LogP contribution in [0.4, 0.5) is 13.2 Å². The van der Waals surface area contributed by atoms with Gasteiger partial charge in [0.15, 0.2) is 16.5 Å². The predicted molar refractivity (Wildman–Crippen MR) is 61.2 cm³/mol. The molecule has 8 heteroatoms. The third-order valence-corrected chi connectivity index (χ3v) is 3.37. The van der Waals surface area contributed by atoms with Crippen LogP contribution in [0.2, 0.25) is 0 Å². The number of aryl methyl sites for hydroxylation is 1. The number of aromatic carboxylic acids is 1. The molecule has 4 nitrogen and oxygen atoms in total. The largest absolute Gasteiger partial charge is 0.477 e. The van der Waals surface area contributed by atoms with Gasteiger partial charge < -0.3 is 9.52 Å². The van der Waals surface area contributed by atoms with Crippen LogP contribution < -0.4 is 0 Å². The van der Waals surface area contributed by atoms with E-state index in [4.69, 9.17) is 9.52 Å². The zero-order valence-corrected chi connectivity index (χ0v) is 10.4. The molecule has 0 aromatic carbocycles. The molecule has 0 saturated heterocycles. The first kappa shape index (κ1) is 13.6. The van der Waals surface area contributed by atoms with Crippen LogP contribution in [0, 0.1) is 0 Å². The number of alkyl halides is 3. The van der Waals surface area contributed by atoms with E-state index in [9.17, 15) is 18.0 Å². The number of carboxylic acids is 1. The van der Waals surface area contributed by atoms with Crippen molar-refractivity contribution in [3.63, 3.8) is 0 Å². The zero-order chi connectivity index (χ0) is 14.2. The summed E-state index contributed by atoms with van der Waals surface area (Å²) >= 11 is 0.447. The molecule has 0 aliphatic carbocycles. The number of carbonyl (C=O) groups is 1. The molecule has 2 aromatic heterocycles. The van der Waals surface area contributed by atoms with Crippen LogP contribution in [0.1, 0.15) is 28.0 Å². The number of aromatic nitrogens is 1. The van der Waals surface area contributed by atoms with E-state index in [1.54, 1.807) is 6.07 Å². The monoisotopic (exact) mass is 291 g/mol. The van der Waals surface area contributed by atoms with E-state index < -0.39 is 22.7 Å². The summed E-state index contributed by atoms with van der Waals surface area (Å²) in [5.41, 5.74) is -1.39. The Kier molecular flexibility index (Phi) is 3.36. The van der Waals surface area contributed by atoms with Crippen molar-refractivity contribution in [3.05, 3.63) is 28.5 Å². The van der Waals surface area contributed by atoms with Crippen molar-refractivity contribution >= 4 is 17.3 Å². The standard InChI is InChI=1S/C11H8F3NO3S/c1-2-5-3-4-6(18-5)9-15-8(11(12,13)14)7(19-9)10(16)17/h3-4H,2H2,1H3,(H,16,17). The van der Waals surface area contributed by atoms with Crippen molar-refractivity contribution in [1.82, 2.24) is 4.98 Å². The number of halogens is 3. The summed E-state index contributed by atoms with van der Waals surface area (Å²) in [6, 6.07) is 3.09. The summed E-state index contributed by atoms with van der Waals surface area (Å²) in [7, 11) is 0. The molecular weight excluding hydrogens is 283 g/mol. The first-order valence-electron chi connectivity index (χ1n) is 5.23. The smallest absolute Gasteiger partial charge is 0.435 e. The lowest BCUT2D eigenvalue weighted by atomic mass is 10.3. The summed E-state index contributed by atoms with van der Waals surface area (Å²) in [5, 5.41) is 8.69. The van der Waals surface area contributed by atoms with Crippen molar-refractivity contribution in [3.8, 4) is 10.8 Å².